The molecule has 8 heteroatoms. The number of benzene rings is 1. The molecule has 2 aliphatic heterocycles. The summed E-state index contributed by atoms with van der Waals surface area (Å²) in [4.78, 5) is 26.2. The molecule has 0 unspecified atom stereocenters. The van der Waals surface area contributed by atoms with Crippen LogP contribution in [0.5, 0.6) is 0 Å². The van der Waals surface area contributed by atoms with E-state index in [1.807, 2.05) is 0 Å². The summed E-state index contributed by atoms with van der Waals surface area (Å²) in [6, 6.07) is 4.81. The molecule has 0 aromatic heterocycles. The van der Waals surface area contributed by atoms with E-state index in [1.165, 1.54) is 10.4 Å². The third kappa shape index (κ3) is 4.00. The average Bonchev–Trinajstić information content (AvgIpc) is 3.02. The third-order valence-electron chi connectivity index (χ3n) is 4.90. The Morgan fingerprint density at radius 2 is 2.04 bits per heavy atom. The molecule has 1 aromatic carbocycles. The Kier molecular flexibility index (Phi) is 5.22. The number of sulfonamides is 1. The standard InChI is InChI=1S/C18H24N2O5S/c1-13-4-3-8-19(11-13)17(21)12-25-18(22)15-5-6-16-14(10-15)7-9-20(16)26(2,23)24/h5-6,10,13H,3-4,7-9,11-12H2,1-2H3/t13-/m0/s1. The summed E-state index contributed by atoms with van der Waals surface area (Å²) in [5.41, 5.74) is 1.72. The van der Waals surface area contributed by atoms with E-state index in [-0.39, 0.29) is 12.5 Å². The van der Waals surface area contributed by atoms with Crippen LogP contribution in [0.4, 0.5) is 5.69 Å². The first-order chi connectivity index (χ1) is 12.3. The first-order valence-corrected chi connectivity index (χ1v) is 10.7. The van der Waals surface area contributed by atoms with Crippen molar-refractivity contribution in [3.05, 3.63) is 29.3 Å². The van der Waals surface area contributed by atoms with Gasteiger partial charge in [-0.25, -0.2) is 13.2 Å². The monoisotopic (exact) mass is 380 g/mol. The second kappa shape index (κ2) is 7.26. The van der Waals surface area contributed by atoms with Crippen LogP contribution in [0.2, 0.25) is 0 Å². The maximum atomic E-state index is 12.2. The van der Waals surface area contributed by atoms with Crippen molar-refractivity contribution >= 4 is 27.6 Å². The molecule has 0 spiro atoms. The zero-order valence-corrected chi connectivity index (χ0v) is 15.9. The van der Waals surface area contributed by atoms with Gasteiger partial charge in [-0.15, -0.1) is 0 Å². The lowest BCUT2D eigenvalue weighted by Gasteiger charge is -2.30. The summed E-state index contributed by atoms with van der Waals surface area (Å²) in [7, 11) is -3.32. The van der Waals surface area contributed by atoms with Gasteiger partial charge in [-0.05, 0) is 48.9 Å². The van der Waals surface area contributed by atoms with Gasteiger partial charge in [0.1, 0.15) is 0 Å². The quantitative estimate of drug-likeness (QED) is 0.738. The van der Waals surface area contributed by atoms with Gasteiger partial charge in [0, 0.05) is 19.6 Å². The summed E-state index contributed by atoms with van der Waals surface area (Å²) >= 11 is 0. The maximum Gasteiger partial charge on any atom is 0.338 e. The van der Waals surface area contributed by atoms with Crippen LogP contribution in [0.15, 0.2) is 18.2 Å². The van der Waals surface area contributed by atoms with Crippen molar-refractivity contribution in [2.75, 3.05) is 36.8 Å². The van der Waals surface area contributed by atoms with Gasteiger partial charge in [-0.3, -0.25) is 9.10 Å². The molecule has 1 aromatic rings. The van der Waals surface area contributed by atoms with E-state index in [4.69, 9.17) is 4.74 Å². The molecule has 2 aliphatic rings. The molecule has 26 heavy (non-hydrogen) atoms. The number of esters is 1. The van der Waals surface area contributed by atoms with Crippen molar-refractivity contribution in [1.82, 2.24) is 4.90 Å². The van der Waals surface area contributed by atoms with Crippen molar-refractivity contribution in [2.45, 2.75) is 26.2 Å². The smallest absolute Gasteiger partial charge is 0.338 e. The lowest BCUT2D eigenvalue weighted by atomic mass is 10.0. The van der Waals surface area contributed by atoms with Crippen LogP contribution in [0.1, 0.15) is 35.7 Å². The molecule has 0 saturated carbocycles. The zero-order chi connectivity index (χ0) is 18.9. The Hall–Kier alpha value is -2.09. The number of rotatable bonds is 4. The molecule has 2 heterocycles. The number of anilines is 1. The summed E-state index contributed by atoms with van der Waals surface area (Å²) in [6.45, 7) is 3.63. The molecular weight excluding hydrogens is 356 g/mol. The van der Waals surface area contributed by atoms with Crippen LogP contribution < -0.4 is 4.31 Å². The van der Waals surface area contributed by atoms with E-state index in [1.54, 1.807) is 17.0 Å². The number of carbonyl (C=O) groups excluding carboxylic acids is 2. The van der Waals surface area contributed by atoms with Crippen molar-refractivity contribution < 1.29 is 22.7 Å². The summed E-state index contributed by atoms with van der Waals surface area (Å²) < 4.78 is 30.0. The first-order valence-electron chi connectivity index (χ1n) is 8.81. The van der Waals surface area contributed by atoms with Crippen LogP contribution in [-0.2, 0) is 26.0 Å². The van der Waals surface area contributed by atoms with E-state index in [0.717, 1.165) is 24.7 Å². The maximum absolute atomic E-state index is 12.2. The van der Waals surface area contributed by atoms with Crippen LogP contribution in [0, 0.1) is 5.92 Å². The van der Waals surface area contributed by atoms with Gasteiger partial charge in [0.05, 0.1) is 17.5 Å². The Morgan fingerprint density at radius 3 is 2.73 bits per heavy atom. The second-order valence-electron chi connectivity index (χ2n) is 7.09. The number of likely N-dealkylation sites (tertiary alicyclic amines) is 1. The summed E-state index contributed by atoms with van der Waals surface area (Å²) in [6.07, 6.45) is 3.80. The highest BCUT2D eigenvalue weighted by Gasteiger charge is 2.27. The summed E-state index contributed by atoms with van der Waals surface area (Å²) in [5.74, 6) is -0.267. The molecule has 0 bridgehead atoms. The van der Waals surface area contributed by atoms with E-state index in [9.17, 15) is 18.0 Å². The second-order valence-corrected chi connectivity index (χ2v) is 9.00. The number of fused-ring (bicyclic) bond motifs is 1. The molecular formula is C18H24N2O5S. The molecule has 1 saturated heterocycles. The van der Waals surface area contributed by atoms with E-state index < -0.39 is 16.0 Å². The predicted octanol–water partition coefficient (Wildman–Crippen LogP) is 1.42. The highest BCUT2D eigenvalue weighted by molar-refractivity contribution is 7.92. The molecule has 7 nitrogen and oxygen atoms in total. The molecule has 0 aliphatic carbocycles. The normalized spacial score (nSPS) is 20.0. The van der Waals surface area contributed by atoms with Crippen molar-refractivity contribution in [1.29, 1.82) is 0 Å². The number of hydrogen-bond donors (Lipinski definition) is 0. The van der Waals surface area contributed by atoms with Gasteiger partial charge in [0.2, 0.25) is 10.0 Å². The van der Waals surface area contributed by atoms with E-state index >= 15 is 0 Å². The molecule has 1 amide bonds. The number of piperidine rings is 1. The highest BCUT2D eigenvalue weighted by Crippen LogP contribution is 2.30. The lowest BCUT2D eigenvalue weighted by Crippen LogP contribution is -2.41. The molecule has 0 radical (unpaired) electrons. The minimum atomic E-state index is -3.32. The average molecular weight is 380 g/mol. The van der Waals surface area contributed by atoms with Crippen LogP contribution in [-0.4, -0.2) is 57.7 Å². The first kappa shape index (κ1) is 18.7. The van der Waals surface area contributed by atoms with Crippen LogP contribution in [0.25, 0.3) is 0 Å². The number of ether oxygens (including phenoxy) is 1. The van der Waals surface area contributed by atoms with Gasteiger partial charge in [-0.1, -0.05) is 6.92 Å². The van der Waals surface area contributed by atoms with Crippen LogP contribution >= 0.6 is 0 Å². The predicted molar refractivity (Wildman–Crippen MR) is 97.6 cm³/mol. The van der Waals surface area contributed by atoms with Crippen molar-refractivity contribution in [3.8, 4) is 0 Å². The topological polar surface area (TPSA) is 84.0 Å². The van der Waals surface area contributed by atoms with Crippen molar-refractivity contribution in [3.63, 3.8) is 0 Å². The Balaban J connectivity index is 1.62. The minimum absolute atomic E-state index is 0.172. The molecule has 0 N–H and O–H groups in total. The summed E-state index contributed by atoms with van der Waals surface area (Å²) in [5, 5.41) is 0. The highest BCUT2D eigenvalue weighted by atomic mass is 32.2. The Morgan fingerprint density at radius 1 is 1.27 bits per heavy atom. The third-order valence-corrected chi connectivity index (χ3v) is 6.08. The zero-order valence-electron chi connectivity index (χ0n) is 15.1. The Bertz CT molecular complexity index is 821. The molecule has 1 fully saturated rings. The van der Waals surface area contributed by atoms with Crippen molar-refractivity contribution in [2.24, 2.45) is 5.92 Å². The number of hydrogen-bond acceptors (Lipinski definition) is 5. The number of carbonyl (C=O) groups is 2. The fourth-order valence-electron chi connectivity index (χ4n) is 3.56. The number of nitrogens with zero attached hydrogens (tertiary/aromatic N) is 2. The number of amides is 1. The van der Waals surface area contributed by atoms with Crippen LogP contribution in [0.3, 0.4) is 0 Å². The van der Waals surface area contributed by atoms with Gasteiger partial charge in [0.25, 0.3) is 5.91 Å². The Labute approximate surface area is 154 Å². The van der Waals surface area contributed by atoms with Gasteiger partial charge in [-0.2, -0.15) is 0 Å². The largest absolute Gasteiger partial charge is 0.452 e. The van der Waals surface area contributed by atoms with Gasteiger partial charge < -0.3 is 9.64 Å². The van der Waals surface area contributed by atoms with Gasteiger partial charge >= 0.3 is 5.97 Å². The molecule has 3 rings (SSSR count). The fourth-order valence-corrected chi connectivity index (χ4v) is 4.52. The minimum Gasteiger partial charge on any atom is -0.452 e. The lowest BCUT2D eigenvalue weighted by molar-refractivity contribution is -0.136. The molecule has 142 valence electrons. The van der Waals surface area contributed by atoms with E-state index in [2.05, 4.69) is 6.92 Å². The van der Waals surface area contributed by atoms with E-state index in [0.29, 0.717) is 43.2 Å². The van der Waals surface area contributed by atoms with Gasteiger partial charge in [0.15, 0.2) is 6.61 Å². The fraction of sp³-hybridized carbons (Fsp3) is 0.556. The SMILES string of the molecule is C[C@H]1CCCN(C(=O)COC(=O)c2ccc3c(c2)CCN3S(C)(=O)=O)C1. The molecule has 1 atom stereocenters.